The van der Waals surface area contributed by atoms with Crippen LogP contribution in [0.1, 0.15) is 17.2 Å². The van der Waals surface area contributed by atoms with Crippen molar-refractivity contribution in [2.75, 3.05) is 13.4 Å². The van der Waals surface area contributed by atoms with Crippen LogP contribution in [0.25, 0.3) is 0 Å². The number of aliphatic hydroxyl groups excluding tert-OH is 1. The van der Waals surface area contributed by atoms with Crippen molar-refractivity contribution in [1.82, 2.24) is 0 Å². The highest BCUT2D eigenvalue weighted by Crippen LogP contribution is 2.32. The number of ether oxygens (including phenoxy) is 2. The van der Waals surface area contributed by atoms with Crippen LogP contribution in [0, 0.1) is 0 Å². The molecule has 0 aromatic heterocycles. The van der Waals surface area contributed by atoms with Gasteiger partial charge in [0.2, 0.25) is 0 Å². The third kappa shape index (κ3) is 2.15. The van der Waals surface area contributed by atoms with Gasteiger partial charge in [-0.05, 0) is 17.7 Å². The Morgan fingerprint density at radius 3 is 3.07 bits per heavy atom. The van der Waals surface area contributed by atoms with Gasteiger partial charge in [0.25, 0.3) is 0 Å². The fourth-order valence-corrected chi connectivity index (χ4v) is 2.18. The SMILES string of the molecule is NC(CO)c1cc2c(cc1Br)COCO2. The molecule has 15 heavy (non-hydrogen) atoms. The fraction of sp³-hybridized carbons (Fsp3) is 0.400. The van der Waals surface area contributed by atoms with Crippen molar-refractivity contribution in [3.05, 3.63) is 27.7 Å². The lowest BCUT2D eigenvalue weighted by molar-refractivity contribution is -0.0165. The number of benzene rings is 1. The Morgan fingerprint density at radius 2 is 2.33 bits per heavy atom. The van der Waals surface area contributed by atoms with Gasteiger partial charge in [0.1, 0.15) is 5.75 Å². The van der Waals surface area contributed by atoms with Crippen molar-refractivity contribution in [1.29, 1.82) is 0 Å². The number of nitrogens with two attached hydrogens (primary N) is 1. The van der Waals surface area contributed by atoms with Gasteiger partial charge in [-0.3, -0.25) is 0 Å². The van der Waals surface area contributed by atoms with E-state index in [9.17, 15) is 0 Å². The molecule has 0 amide bonds. The lowest BCUT2D eigenvalue weighted by atomic mass is 10.0. The van der Waals surface area contributed by atoms with Crippen LogP contribution in [0.3, 0.4) is 0 Å². The molecule has 1 aromatic rings. The highest BCUT2D eigenvalue weighted by atomic mass is 79.9. The molecule has 5 heteroatoms. The molecule has 0 radical (unpaired) electrons. The molecule has 1 aliphatic heterocycles. The summed E-state index contributed by atoms with van der Waals surface area (Å²) in [7, 11) is 0. The van der Waals surface area contributed by atoms with Gasteiger partial charge in [0, 0.05) is 10.0 Å². The quantitative estimate of drug-likeness (QED) is 0.853. The Bertz CT molecular complexity index is 370. The van der Waals surface area contributed by atoms with Gasteiger partial charge in [-0.1, -0.05) is 15.9 Å². The first-order valence-corrected chi connectivity index (χ1v) is 5.41. The predicted octanol–water partition coefficient (Wildman–Crippen LogP) is 1.31. The average molecular weight is 274 g/mol. The second-order valence-electron chi connectivity index (χ2n) is 3.38. The van der Waals surface area contributed by atoms with E-state index in [0.29, 0.717) is 6.61 Å². The van der Waals surface area contributed by atoms with E-state index in [0.717, 1.165) is 21.3 Å². The van der Waals surface area contributed by atoms with E-state index in [1.54, 1.807) is 0 Å². The van der Waals surface area contributed by atoms with Crippen molar-refractivity contribution in [2.45, 2.75) is 12.6 Å². The van der Waals surface area contributed by atoms with Gasteiger partial charge in [-0.25, -0.2) is 0 Å². The average Bonchev–Trinajstić information content (AvgIpc) is 2.27. The fourth-order valence-electron chi connectivity index (χ4n) is 1.50. The zero-order chi connectivity index (χ0) is 10.8. The minimum absolute atomic E-state index is 0.0894. The normalized spacial score (nSPS) is 16.7. The Labute approximate surface area is 96.1 Å². The summed E-state index contributed by atoms with van der Waals surface area (Å²) in [6.45, 7) is 0.721. The number of hydrogen-bond acceptors (Lipinski definition) is 4. The third-order valence-electron chi connectivity index (χ3n) is 2.33. The molecule has 82 valence electrons. The molecule has 0 bridgehead atoms. The van der Waals surface area contributed by atoms with Crippen molar-refractivity contribution in [3.63, 3.8) is 0 Å². The summed E-state index contributed by atoms with van der Waals surface area (Å²) in [6, 6.07) is 3.37. The van der Waals surface area contributed by atoms with Gasteiger partial charge >= 0.3 is 0 Å². The zero-order valence-corrected chi connectivity index (χ0v) is 9.66. The second-order valence-corrected chi connectivity index (χ2v) is 4.24. The minimum atomic E-state index is -0.392. The molecule has 0 fully saturated rings. The first kappa shape index (κ1) is 10.9. The minimum Gasteiger partial charge on any atom is -0.467 e. The predicted molar refractivity (Wildman–Crippen MR) is 58.4 cm³/mol. The molecule has 4 nitrogen and oxygen atoms in total. The molecule has 0 aliphatic carbocycles. The van der Waals surface area contributed by atoms with E-state index < -0.39 is 6.04 Å². The van der Waals surface area contributed by atoms with Crippen molar-refractivity contribution < 1.29 is 14.6 Å². The topological polar surface area (TPSA) is 64.7 Å². The summed E-state index contributed by atoms with van der Waals surface area (Å²) in [6.07, 6.45) is 0. The van der Waals surface area contributed by atoms with Gasteiger partial charge < -0.3 is 20.3 Å². The second kappa shape index (κ2) is 4.49. The van der Waals surface area contributed by atoms with Crippen LogP contribution in [0.15, 0.2) is 16.6 Å². The van der Waals surface area contributed by atoms with Crippen molar-refractivity contribution in [3.8, 4) is 5.75 Å². The molecule has 0 spiro atoms. The molecule has 0 saturated heterocycles. The molecule has 1 aromatic carbocycles. The van der Waals surface area contributed by atoms with E-state index in [1.807, 2.05) is 12.1 Å². The maximum atomic E-state index is 9.01. The molecule has 2 rings (SSSR count). The number of hydrogen-bond donors (Lipinski definition) is 2. The number of aliphatic hydroxyl groups is 1. The first-order chi connectivity index (χ1) is 7.22. The van der Waals surface area contributed by atoms with Gasteiger partial charge in [-0.15, -0.1) is 0 Å². The molecular weight excluding hydrogens is 262 g/mol. The molecular formula is C10H12BrNO3. The Hall–Kier alpha value is -0.620. The summed E-state index contributed by atoms with van der Waals surface area (Å²) < 4.78 is 11.4. The summed E-state index contributed by atoms with van der Waals surface area (Å²) in [5.74, 6) is 0.781. The largest absolute Gasteiger partial charge is 0.467 e. The molecule has 1 heterocycles. The molecule has 1 unspecified atom stereocenters. The molecule has 0 saturated carbocycles. The Kier molecular flexibility index (Phi) is 3.25. The third-order valence-corrected chi connectivity index (χ3v) is 3.02. The molecule has 1 aliphatic rings. The van der Waals surface area contributed by atoms with Crippen molar-refractivity contribution >= 4 is 15.9 Å². The van der Waals surface area contributed by atoms with Gasteiger partial charge in [0.15, 0.2) is 6.79 Å². The van der Waals surface area contributed by atoms with E-state index >= 15 is 0 Å². The first-order valence-electron chi connectivity index (χ1n) is 4.61. The zero-order valence-electron chi connectivity index (χ0n) is 8.07. The molecule has 3 N–H and O–H groups in total. The Balaban J connectivity index is 2.40. The van der Waals surface area contributed by atoms with Gasteiger partial charge in [0.05, 0.1) is 19.3 Å². The van der Waals surface area contributed by atoms with Crippen LogP contribution in [-0.4, -0.2) is 18.5 Å². The van der Waals surface area contributed by atoms with E-state index in [4.69, 9.17) is 20.3 Å². The number of rotatable bonds is 2. The summed E-state index contributed by atoms with van der Waals surface area (Å²) in [5, 5.41) is 9.01. The standard InChI is InChI=1S/C10H12BrNO3/c11-8-1-6-4-14-5-15-10(6)2-7(8)9(12)3-13/h1-2,9,13H,3-5,12H2. The van der Waals surface area contributed by atoms with E-state index in [-0.39, 0.29) is 13.4 Å². The van der Waals surface area contributed by atoms with E-state index in [2.05, 4.69) is 15.9 Å². The smallest absolute Gasteiger partial charge is 0.189 e. The summed E-state index contributed by atoms with van der Waals surface area (Å²) in [5.41, 5.74) is 7.59. The van der Waals surface area contributed by atoms with Crippen LogP contribution in [-0.2, 0) is 11.3 Å². The Morgan fingerprint density at radius 1 is 1.53 bits per heavy atom. The maximum Gasteiger partial charge on any atom is 0.189 e. The van der Waals surface area contributed by atoms with Crippen LogP contribution < -0.4 is 10.5 Å². The van der Waals surface area contributed by atoms with Crippen LogP contribution in [0.2, 0.25) is 0 Å². The highest BCUT2D eigenvalue weighted by Gasteiger charge is 2.16. The van der Waals surface area contributed by atoms with Gasteiger partial charge in [-0.2, -0.15) is 0 Å². The monoisotopic (exact) mass is 273 g/mol. The highest BCUT2D eigenvalue weighted by molar-refractivity contribution is 9.10. The van der Waals surface area contributed by atoms with Crippen LogP contribution in [0.4, 0.5) is 0 Å². The van der Waals surface area contributed by atoms with Crippen molar-refractivity contribution in [2.24, 2.45) is 5.73 Å². The number of halogens is 1. The summed E-state index contributed by atoms with van der Waals surface area (Å²) in [4.78, 5) is 0. The molecule has 1 atom stereocenters. The maximum absolute atomic E-state index is 9.01. The van der Waals surface area contributed by atoms with Crippen LogP contribution in [0.5, 0.6) is 5.75 Å². The number of fused-ring (bicyclic) bond motifs is 1. The summed E-state index contributed by atoms with van der Waals surface area (Å²) >= 11 is 3.41. The van der Waals surface area contributed by atoms with Crippen LogP contribution >= 0.6 is 15.9 Å². The lowest BCUT2D eigenvalue weighted by Crippen LogP contribution is -2.17. The lowest BCUT2D eigenvalue weighted by Gasteiger charge is -2.20. The van der Waals surface area contributed by atoms with E-state index in [1.165, 1.54) is 0 Å².